The zero-order chi connectivity index (χ0) is 14.8. The Morgan fingerprint density at radius 1 is 1.38 bits per heavy atom. The molecule has 3 rings (SSSR count). The lowest BCUT2D eigenvalue weighted by atomic mass is 10.1. The van der Waals surface area contributed by atoms with Crippen LogP contribution in [0.5, 0.6) is 0 Å². The second-order valence-electron chi connectivity index (χ2n) is 4.36. The minimum atomic E-state index is -0.461. The molecule has 104 valence electrons. The molecule has 0 amide bonds. The highest BCUT2D eigenvalue weighted by Gasteiger charge is 2.13. The molecule has 0 saturated heterocycles. The van der Waals surface area contributed by atoms with Crippen molar-refractivity contribution in [1.29, 1.82) is 5.26 Å². The number of hydrogen-bond donors (Lipinski definition) is 2. The van der Waals surface area contributed by atoms with Gasteiger partial charge in [-0.1, -0.05) is 12.1 Å². The number of nitrogens with zero attached hydrogens (tertiary/aromatic N) is 3. The van der Waals surface area contributed by atoms with Crippen molar-refractivity contribution in [3.05, 3.63) is 47.1 Å². The SMILES string of the molecule is N#CCc1cccc(Nc2nc(Cl)nc3[nH]cc(F)c23)c1. The van der Waals surface area contributed by atoms with Crippen molar-refractivity contribution in [2.45, 2.75) is 6.42 Å². The molecule has 1 aromatic carbocycles. The van der Waals surface area contributed by atoms with E-state index in [-0.39, 0.29) is 16.5 Å². The molecule has 0 aliphatic heterocycles. The van der Waals surface area contributed by atoms with Crippen molar-refractivity contribution in [2.75, 3.05) is 5.32 Å². The van der Waals surface area contributed by atoms with Crippen LogP contribution in [0.25, 0.3) is 11.0 Å². The van der Waals surface area contributed by atoms with E-state index in [1.165, 1.54) is 6.20 Å². The zero-order valence-electron chi connectivity index (χ0n) is 10.7. The van der Waals surface area contributed by atoms with Gasteiger partial charge in [-0.2, -0.15) is 15.2 Å². The molecule has 0 fully saturated rings. The molecule has 2 N–H and O–H groups in total. The molecule has 7 heteroatoms. The summed E-state index contributed by atoms with van der Waals surface area (Å²) in [6.45, 7) is 0. The maximum absolute atomic E-state index is 13.8. The first-order chi connectivity index (χ1) is 10.2. The van der Waals surface area contributed by atoms with E-state index in [9.17, 15) is 4.39 Å². The van der Waals surface area contributed by atoms with Crippen LogP contribution in [0.3, 0.4) is 0 Å². The van der Waals surface area contributed by atoms with Gasteiger partial charge in [0.1, 0.15) is 11.5 Å². The van der Waals surface area contributed by atoms with Gasteiger partial charge in [0, 0.05) is 11.9 Å². The molecule has 3 aromatic rings. The highest BCUT2D eigenvalue weighted by molar-refractivity contribution is 6.28. The predicted molar refractivity (Wildman–Crippen MR) is 77.9 cm³/mol. The Hall–Kier alpha value is -2.65. The van der Waals surface area contributed by atoms with Gasteiger partial charge in [-0.05, 0) is 29.3 Å². The van der Waals surface area contributed by atoms with Gasteiger partial charge in [0.25, 0.3) is 0 Å². The van der Waals surface area contributed by atoms with Crippen LogP contribution in [0.2, 0.25) is 5.28 Å². The number of halogens is 2. The lowest BCUT2D eigenvalue weighted by molar-refractivity contribution is 0.639. The lowest BCUT2D eigenvalue weighted by Gasteiger charge is -2.08. The van der Waals surface area contributed by atoms with Crippen LogP contribution in [-0.4, -0.2) is 15.0 Å². The summed E-state index contributed by atoms with van der Waals surface area (Å²) < 4.78 is 13.8. The van der Waals surface area contributed by atoms with Gasteiger partial charge >= 0.3 is 0 Å². The zero-order valence-corrected chi connectivity index (χ0v) is 11.4. The fourth-order valence-corrected chi connectivity index (χ4v) is 2.21. The Balaban J connectivity index is 2.03. The number of rotatable bonds is 3. The molecule has 0 aliphatic carbocycles. The lowest BCUT2D eigenvalue weighted by Crippen LogP contribution is -1.98. The molecule has 0 spiro atoms. The van der Waals surface area contributed by atoms with E-state index in [0.29, 0.717) is 17.8 Å². The number of anilines is 2. The van der Waals surface area contributed by atoms with E-state index in [1.807, 2.05) is 12.1 Å². The molecule has 0 radical (unpaired) electrons. The monoisotopic (exact) mass is 301 g/mol. The van der Waals surface area contributed by atoms with Crippen LogP contribution >= 0.6 is 11.6 Å². The molecule has 0 atom stereocenters. The van der Waals surface area contributed by atoms with Gasteiger partial charge in [0.15, 0.2) is 5.82 Å². The third-order valence-corrected chi connectivity index (χ3v) is 3.10. The number of benzene rings is 1. The van der Waals surface area contributed by atoms with Crippen molar-refractivity contribution >= 4 is 34.1 Å². The maximum atomic E-state index is 13.8. The number of fused-ring (bicyclic) bond motifs is 1. The van der Waals surface area contributed by atoms with Crippen LogP contribution in [0.15, 0.2) is 30.5 Å². The predicted octanol–water partition coefficient (Wildman–Crippen LogP) is 3.56. The molecule has 21 heavy (non-hydrogen) atoms. The minimum absolute atomic E-state index is 0.0139. The summed E-state index contributed by atoms with van der Waals surface area (Å²) in [6, 6.07) is 9.33. The van der Waals surface area contributed by atoms with E-state index in [2.05, 4.69) is 26.3 Å². The number of aromatic amines is 1. The highest BCUT2D eigenvalue weighted by Crippen LogP contribution is 2.27. The summed E-state index contributed by atoms with van der Waals surface area (Å²) in [7, 11) is 0. The van der Waals surface area contributed by atoms with Gasteiger partial charge in [-0.25, -0.2) is 4.39 Å². The van der Waals surface area contributed by atoms with Crippen LogP contribution < -0.4 is 5.32 Å². The Morgan fingerprint density at radius 3 is 3.05 bits per heavy atom. The van der Waals surface area contributed by atoms with Crippen molar-refractivity contribution in [3.8, 4) is 6.07 Å². The Morgan fingerprint density at radius 2 is 2.24 bits per heavy atom. The van der Waals surface area contributed by atoms with Crippen LogP contribution in [-0.2, 0) is 6.42 Å². The minimum Gasteiger partial charge on any atom is -0.343 e. The summed E-state index contributed by atoms with van der Waals surface area (Å²) in [5.74, 6) is -0.185. The molecule has 0 bridgehead atoms. The summed E-state index contributed by atoms with van der Waals surface area (Å²) in [5, 5.41) is 12.0. The molecule has 0 aliphatic rings. The van der Waals surface area contributed by atoms with E-state index in [1.54, 1.807) is 12.1 Å². The summed E-state index contributed by atoms with van der Waals surface area (Å²) in [6.07, 6.45) is 1.50. The smallest absolute Gasteiger partial charge is 0.226 e. The molecule has 5 nitrogen and oxygen atoms in total. The first-order valence-corrected chi connectivity index (χ1v) is 6.48. The van der Waals surface area contributed by atoms with Crippen LogP contribution in [0.1, 0.15) is 5.56 Å². The number of H-pyrrole nitrogens is 1. The maximum Gasteiger partial charge on any atom is 0.226 e. The number of aromatic nitrogens is 3. The van der Waals surface area contributed by atoms with E-state index < -0.39 is 5.82 Å². The fraction of sp³-hybridized carbons (Fsp3) is 0.0714. The van der Waals surface area contributed by atoms with E-state index in [0.717, 1.165) is 5.56 Å². The topological polar surface area (TPSA) is 77.4 Å². The molecular formula is C14H9ClFN5. The van der Waals surface area contributed by atoms with Crippen molar-refractivity contribution in [2.24, 2.45) is 0 Å². The largest absolute Gasteiger partial charge is 0.343 e. The normalized spacial score (nSPS) is 10.5. The van der Waals surface area contributed by atoms with Crippen molar-refractivity contribution in [3.63, 3.8) is 0 Å². The van der Waals surface area contributed by atoms with E-state index in [4.69, 9.17) is 16.9 Å². The van der Waals surface area contributed by atoms with E-state index >= 15 is 0 Å². The average molecular weight is 302 g/mol. The van der Waals surface area contributed by atoms with Crippen molar-refractivity contribution < 1.29 is 4.39 Å². The van der Waals surface area contributed by atoms with Gasteiger partial charge in [0.05, 0.1) is 17.9 Å². The molecule has 2 heterocycles. The molecular weight excluding hydrogens is 293 g/mol. The second-order valence-corrected chi connectivity index (χ2v) is 4.70. The van der Waals surface area contributed by atoms with Crippen LogP contribution in [0, 0.1) is 17.1 Å². The summed E-state index contributed by atoms with van der Waals surface area (Å²) >= 11 is 5.83. The first kappa shape index (κ1) is 13.3. The van der Waals surface area contributed by atoms with Gasteiger partial charge in [-0.15, -0.1) is 0 Å². The number of hydrogen-bond acceptors (Lipinski definition) is 4. The third-order valence-electron chi connectivity index (χ3n) is 2.93. The van der Waals surface area contributed by atoms with Gasteiger partial charge < -0.3 is 10.3 Å². The van der Waals surface area contributed by atoms with Gasteiger partial charge in [-0.3, -0.25) is 0 Å². The van der Waals surface area contributed by atoms with Crippen LogP contribution in [0.4, 0.5) is 15.9 Å². The molecule has 0 unspecified atom stereocenters. The first-order valence-electron chi connectivity index (χ1n) is 6.10. The highest BCUT2D eigenvalue weighted by atomic mass is 35.5. The fourth-order valence-electron chi connectivity index (χ4n) is 2.05. The average Bonchev–Trinajstić information content (AvgIpc) is 2.81. The Kier molecular flexibility index (Phi) is 3.42. The number of nitriles is 1. The molecule has 0 saturated carbocycles. The van der Waals surface area contributed by atoms with Crippen molar-refractivity contribution in [1.82, 2.24) is 15.0 Å². The Labute approximate surface area is 124 Å². The standard InChI is InChI=1S/C14H9ClFN5/c15-14-20-12-11(10(16)7-18-12)13(21-14)19-9-3-1-2-8(6-9)4-5-17/h1-3,6-7H,4H2,(H2,18,19,20,21). The third kappa shape index (κ3) is 2.64. The molecule has 2 aromatic heterocycles. The summed E-state index contributed by atoms with van der Waals surface area (Å²) in [5.41, 5.74) is 1.87. The Bertz CT molecular complexity index is 852. The van der Waals surface area contributed by atoms with Gasteiger partial charge in [0.2, 0.25) is 5.28 Å². The summed E-state index contributed by atoms with van der Waals surface area (Å²) in [4.78, 5) is 10.6. The second kappa shape index (κ2) is 5.38. The number of nitrogens with one attached hydrogen (secondary N) is 2. The quantitative estimate of drug-likeness (QED) is 0.725.